The molecule has 0 saturated carbocycles. The summed E-state index contributed by atoms with van der Waals surface area (Å²) < 4.78 is 5.11. The summed E-state index contributed by atoms with van der Waals surface area (Å²) in [4.78, 5) is 48.4. The van der Waals surface area contributed by atoms with Crippen LogP contribution in [0.3, 0.4) is 0 Å². The van der Waals surface area contributed by atoms with Crippen molar-refractivity contribution in [1.29, 1.82) is 0 Å². The molecule has 0 fully saturated rings. The van der Waals surface area contributed by atoms with Gasteiger partial charge in [-0.05, 0) is 54.3 Å². The highest BCUT2D eigenvalue weighted by Gasteiger charge is 2.24. The monoisotopic (exact) mass is 478 g/mol. The Bertz CT molecular complexity index is 1190. The van der Waals surface area contributed by atoms with E-state index in [0.717, 1.165) is 22.4 Å². The molecule has 176 valence electrons. The minimum atomic E-state index is -0.159. The van der Waals surface area contributed by atoms with Crippen molar-refractivity contribution in [3.8, 4) is 5.75 Å². The van der Waals surface area contributed by atoms with Gasteiger partial charge < -0.3 is 15.0 Å². The molecule has 0 saturated heterocycles. The summed E-state index contributed by atoms with van der Waals surface area (Å²) in [6.45, 7) is 3.33. The number of amides is 2. The van der Waals surface area contributed by atoms with Crippen LogP contribution < -0.4 is 10.1 Å². The first-order chi connectivity index (χ1) is 16.5. The molecule has 2 amide bonds. The Morgan fingerprint density at radius 2 is 1.94 bits per heavy atom. The lowest BCUT2D eigenvalue weighted by Crippen LogP contribution is -2.37. The minimum Gasteiger partial charge on any atom is -0.497 e. The van der Waals surface area contributed by atoms with E-state index in [1.165, 1.54) is 11.3 Å². The van der Waals surface area contributed by atoms with Crippen molar-refractivity contribution in [1.82, 2.24) is 20.2 Å². The molecule has 0 spiro atoms. The summed E-state index contributed by atoms with van der Waals surface area (Å²) in [6, 6.07) is 6.91. The Labute approximate surface area is 202 Å². The van der Waals surface area contributed by atoms with Gasteiger partial charge in [-0.2, -0.15) is 0 Å². The maximum atomic E-state index is 12.8. The Morgan fingerprint density at radius 1 is 1.15 bits per heavy atom. The number of aromatic nitrogens is 2. The third kappa shape index (κ3) is 5.31. The fraction of sp³-hybridized carbons (Fsp3) is 0.320. The zero-order valence-corrected chi connectivity index (χ0v) is 20.0. The molecule has 0 atom stereocenters. The molecule has 34 heavy (non-hydrogen) atoms. The number of methoxy groups -OCH3 is 1. The van der Waals surface area contributed by atoms with Crippen LogP contribution in [0.4, 0.5) is 0 Å². The number of ketones is 1. The first-order valence-electron chi connectivity index (χ1n) is 11.0. The molecular weight excluding hydrogens is 452 g/mol. The second kappa shape index (κ2) is 10.6. The summed E-state index contributed by atoms with van der Waals surface area (Å²) >= 11 is 1.30. The van der Waals surface area contributed by atoms with Crippen molar-refractivity contribution in [2.75, 3.05) is 13.7 Å². The average molecular weight is 479 g/mol. The second-order valence-corrected chi connectivity index (χ2v) is 8.98. The Hall–Kier alpha value is -3.59. The summed E-state index contributed by atoms with van der Waals surface area (Å²) in [6.07, 6.45) is 4.37. The number of nitrogens with one attached hydrogen (secondary N) is 1. The van der Waals surface area contributed by atoms with Crippen molar-refractivity contribution >= 4 is 28.9 Å². The van der Waals surface area contributed by atoms with Gasteiger partial charge in [-0.3, -0.25) is 24.4 Å². The lowest BCUT2D eigenvalue weighted by molar-refractivity contribution is -0.132. The van der Waals surface area contributed by atoms with Crippen molar-refractivity contribution in [2.24, 2.45) is 0 Å². The molecule has 1 N–H and O–H groups in total. The van der Waals surface area contributed by atoms with Gasteiger partial charge in [0.25, 0.3) is 5.91 Å². The van der Waals surface area contributed by atoms with Crippen LogP contribution in [0.25, 0.3) is 0 Å². The molecule has 0 radical (unpaired) electrons. The van der Waals surface area contributed by atoms with Crippen LogP contribution in [0.5, 0.6) is 5.75 Å². The van der Waals surface area contributed by atoms with Crippen LogP contribution in [-0.4, -0.2) is 46.1 Å². The Morgan fingerprint density at radius 3 is 2.65 bits per heavy atom. The molecule has 0 aliphatic carbocycles. The summed E-state index contributed by atoms with van der Waals surface area (Å²) in [5.41, 5.74) is 6.18. The maximum Gasteiger partial charge on any atom is 0.263 e. The molecule has 0 bridgehead atoms. The van der Waals surface area contributed by atoms with E-state index in [0.29, 0.717) is 42.2 Å². The van der Waals surface area contributed by atoms with Crippen molar-refractivity contribution in [2.45, 2.75) is 39.3 Å². The predicted octanol–water partition coefficient (Wildman–Crippen LogP) is 3.33. The molecule has 1 aliphatic rings. The Kier molecular flexibility index (Phi) is 7.32. The van der Waals surface area contributed by atoms with E-state index >= 15 is 0 Å². The maximum absolute atomic E-state index is 12.8. The van der Waals surface area contributed by atoms with Crippen LogP contribution in [0.2, 0.25) is 0 Å². The number of thiazole rings is 1. The molecule has 9 heteroatoms. The van der Waals surface area contributed by atoms with Crippen molar-refractivity contribution < 1.29 is 19.1 Å². The molecule has 1 aromatic carbocycles. The third-order valence-corrected chi connectivity index (χ3v) is 6.78. The average Bonchev–Trinajstić information content (AvgIpc) is 3.41. The van der Waals surface area contributed by atoms with E-state index in [9.17, 15) is 14.4 Å². The molecular formula is C25H26N4O4S. The standard InChI is InChI=1S/C25H26N4O4S/c1-16-21(12-28-25(32)23-13-26-15-34-23)20-9-10-29(14-18(20)11-27-16)24(31)8-7-22(30)17-3-5-19(33-2)6-4-17/h3-6,11,13,15H,7-10,12,14H2,1-2H3,(H,28,32). The van der Waals surface area contributed by atoms with Crippen LogP contribution in [0.1, 0.15) is 55.3 Å². The van der Waals surface area contributed by atoms with Crippen LogP contribution in [-0.2, 0) is 24.3 Å². The fourth-order valence-corrected chi connectivity index (χ4v) is 4.59. The van der Waals surface area contributed by atoms with Gasteiger partial charge in [0.15, 0.2) is 5.78 Å². The Balaban J connectivity index is 1.36. The first kappa shape index (κ1) is 23.6. The van der Waals surface area contributed by atoms with Gasteiger partial charge in [0.2, 0.25) is 5.91 Å². The van der Waals surface area contributed by atoms with E-state index in [1.54, 1.807) is 54.2 Å². The molecule has 1 aliphatic heterocycles. The largest absolute Gasteiger partial charge is 0.497 e. The number of Topliss-reactive ketones (excluding diaryl/α,β-unsaturated/α-hetero) is 1. The molecule has 4 rings (SSSR count). The van der Waals surface area contributed by atoms with Gasteiger partial charge in [-0.25, -0.2) is 0 Å². The number of aryl methyl sites for hydroxylation is 1. The number of hydrogen-bond donors (Lipinski definition) is 1. The number of fused-ring (bicyclic) bond motifs is 1. The highest BCUT2D eigenvalue weighted by Crippen LogP contribution is 2.25. The number of pyridine rings is 1. The summed E-state index contributed by atoms with van der Waals surface area (Å²) in [5, 5.41) is 2.95. The number of carbonyl (C=O) groups is 3. The lowest BCUT2D eigenvalue weighted by Gasteiger charge is -2.30. The summed E-state index contributed by atoms with van der Waals surface area (Å²) in [7, 11) is 1.57. The minimum absolute atomic E-state index is 0.0480. The van der Waals surface area contributed by atoms with Crippen molar-refractivity contribution in [3.63, 3.8) is 0 Å². The molecule has 3 heterocycles. The predicted molar refractivity (Wildman–Crippen MR) is 128 cm³/mol. The first-order valence-corrected chi connectivity index (χ1v) is 11.9. The van der Waals surface area contributed by atoms with Crippen LogP contribution in [0.15, 0.2) is 42.2 Å². The van der Waals surface area contributed by atoms with Crippen LogP contribution in [0, 0.1) is 6.92 Å². The van der Waals surface area contributed by atoms with Gasteiger partial charge in [-0.1, -0.05) is 0 Å². The third-order valence-electron chi connectivity index (χ3n) is 6.01. The number of carbonyl (C=O) groups excluding carboxylic acids is 3. The highest BCUT2D eigenvalue weighted by molar-refractivity contribution is 7.11. The van der Waals surface area contributed by atoms with Gasteiger partial charge in [-0.15, -0.1) is 11.3 Å². The number of hydrogen-bond acceptors (Lipinski definition) is 7. The van der Waals surface area contributed by atoms with Gasteiger partial charge in [0, 0.05) is 49.9 Å². The van der Waals surface area contributed by atoms with Crippen molar-refractivity contribution in [3.05, 3.63) is 75.0 Å². The smallest absolute Gasteiger partial charge is 0.263 e. The quantitative estimate of drug-likeness (QED) is 0.499. The number of rotatable bonds is 8. The fourth-order valence-electron chi connectivity index (χ4n) is 4.05. The van der Waals surface area contributed by atoms with E-state index in [4.69, 9.17) is 4.74 Å². The molecule has 0 unspecified atom stereocenters. The van der Waals surface area contributed by atoms with E-state index < -0.39 is 0 Å². The van der Waals surface area contributed by atoms with E-state index in [2.05, 4.69) is 15.3 Å². The zero-order valence-electron chi connectivity index (χ0n) is 19.2. The summed E-state index contributed by atoms with van der Waals surface area (Å²) in [5.74, 6) is 0.414. The zero-order chi connectivity index (χ0) is 24.1. The SMILES string of the molecule is COc1ccc(C(=O)CCC(=O)N2CCc3c(cnc(C)c3CNC(=O)c3cncs3)C2)cc1. The topological polar surface area (TPSA) is 101 Å². The van der Waals surface area contributed by atoms with E-state index in [-0.39, 0.29) is 30.4 Å². The van der Waals surface area contributed by atoms with Gasteiger partial charge in [0.1, 0.15) is 10.6 Å². The van der Waals surface area contributed by atoms with Gasteiger partial charge in [0.05, 0.1) is 18.8 Å². The van der Waals surface area contributed by atoms with Gasteiger partial charge >= 0.3 is 0 Å². The van der Waals surface area contributed by atoms with E-state index in [1.807, 2.05) is 6.92 Å². The highest BCUT2D eigenvalue weighted by atomic mass is 32.1. The molecule has 8 nitrogen and oxygen atoms in total. The number of benzene rings is 1. The molecule has 3 aromatic rings. The lowest BCUT2D eigenvalue weighted by atomic mass is 9.94. The number of nitrogens with zero attached hydrogens (tertiary/aromatic N) is 3. The molecule has 2 aromatic heterocycles. The number of ether oxygens (including phenoxy) is 1. The normalized spacial score (nSPS) is 12.7. The van der Waals surface area contributed by atoms with Crippen LogP contribution >= 0.6 is 11.3 Å². The second-order valence-electron chi connectivity index (χ2n) is 8.09.